The molecule has 0 saturated carbocycles. The number of nitrogens with one attached hydrogen (secondary N) is 2. The highest BCUT2D eigenvalue weighted by Crippen LogP contribution is 2.47. The third-order valence-electron chi connectivity index (χ3n) is 9.63. The van der Waals surface area contributed by atoms with Crippen molar-refractivity contribution in [3.63, 3.8) is 0 Å². The van der Waals surface area contributed by atoms with Crippen LogP contribution in [0, 0.1) is 11.8 Å². The van der Waals surface area contributed by atoms with E-state index >= 15 is 0 Å². The van der Waals surface area contributed by atoms with Gasteiger partial charge in [0, 0.05) is 30.0 Å². The Morgan fingerprint density at radius 3 is 2.65 bits per heavy atom. The van der Waals surface area contributed by atoms with Crippen LogP contribution in [0.1, 0.15) is 51.2 Å². The highest BCUT2D eigenvalue weighted by molar-refractivity contribution is 9.10. The number of halogens is 1. The predicted octanol–water partition coefficient (Wildman–Crippen LogP) is 2.06. The maximum Gasteiger partial charge on any atom is 0.280 e. The number of aliphatic hydroxyl groups is 1. The lowest BCUT2D eigenvalue weighted by molar-refractivity contribution is -0.315. The molecular formula is C31H40BrN5O8S. The van der Waals surface area contributed by atoms with Gasteiger partial charge in [-0.3, -0.25) is 33.5 Å². The Labute approximate surface area is 276 Å². The lowest BCUT2D eigenvalue weighted by Crippen LogP contribution is -2.71. The number of H-pyrrole nitrogens is 1. The number of rotatable bonds is 4. The SMILES string of the molecule is CC(C)C[C@H]1C(=O)N2CCC[C@H]2[C@]2(O)O[C@@](C)(NC(=O)[C@@H]3C=C4c5cccc6[nH]c(Br)c(c56)C[C@H]4N(C)C3)C(=O)N12.CS(=O)(=O)O. The van der Waals surface area contributed by atoms with Gasteiger partial charge in [0.15, 0.2) is 0 Å². The molecule has 4 N–H and O–H groups in total. The second kappa shape index (κ2) is 11.4. The van der Waals surface area contributed by atoms with Crippen molar-refractivity contribution < 1.29 is 37.2 Å². The number of aromatic nitrogens is 1. The molecule has 2 aromatic rings. The summed E-state index contributed by atoms with van der Waals surface area (Å²) < 4.78 is 33.0. The highest BCUT2D eigenvalue weighted by atomic mass is 79.9. The molecule has 3 amide bonds. The molecule has 6 atom stereocenters. The van der Waals surface area contributed by atoms with Gasteiger partial charge in [0.05, 0.1) is 16.8 Å². The summed E-state index contributed by atoms with van der Waals surface area (Å²) in [6.45, 7) is 6.44. The molecule has 3 saturated heterocycles. The maximum atomic E-state index is 14.0. The number of nitrogens with zero attached hydrogens (tertiary/aromatic N) is 3. The first-order valence-corrected chi connectivity index (χ1v) is 18.1. The van der Waals surface area contributed by atoms with Crippen molar-refractivity contribution in [2.24, 2.45) is 11.8 Å². The first-order valence-electron chi connectivity index (χ1n) is 15.5. The lowest BCUT2D eigenvalue weighted by atomic mass is 9.79. The molecule has 1 aromatic heterocycles. The molecule has 13 nitrogen and oxygen atoms in total. The van der Waals surface area contributed by atoms with Crippen LogP contribution in [0.4, 0.5) is 0 Å². The number of ether oxygens (including phenoxy) is 1. The second-order valence-electron chi connectivity index (χ2n) is 13.6. The van der Waals surface area contributed by atoms with E-state index in [-0.39, 0.29) is 23.8 Å². The number of hydrogen-bond donors (Lipinski definition) is 4. The summed E-state index contributed by atoms with van der Waals surface area (Å²) in [7, 11) is -1.65. The lowest BCUT2D eigenvalue weighted by Gasteiger charge is -2.49. The van der Waals surface area contributed by atoms with Crippen molar-refractivity contribution in [3.05, 3.63) is 40.0 Å². The summed E-state index contributed by atoms with van der Waals surface area (Å²) >= 11 is 3.69. The van der Waals surface area contributed by atoms with Gasteiger partial charge in [0.1, 0.15) is 12.1 Å². The van der Waals surface area contributed by atoms with E-state index in [1.807, 2.05) is 33.0 Å². The van der Waals surface area contributed by atoms with Gasteiger partial charge in [-0.25, -0.2) is 0 Å². The van der Waals surface area contributed by atoms with Gasteiger partial charge in [0.2, 0.25) is 17.5 Å². The van der Waals surface area contributed by atoms with Gasteiger partial charge in [-0.2, -0.15) is 8.42 Å². The summed E-state index contributed by atoms with van der Waals surface area (Å²) in [5.41, 5.74) is 2.67. The van der Waals surface area contributed by atoms with Gasteiger partial charge in [-0.15, -0.1) is 0 Å². The fourth-order valence-corrected chi connectivity index (χ4v) is 8.38. The zero-order chi connectivity index (χ0) is 33.5. The standard InChI is InChI=1S/C30H36BrN5O5.CH4O3S/c1-15(2)11-22-27(38)35-10-6-9-23(35)30(40)36(22)28(39)29(3,41-30)33-26(37)16-12-18-17-7-5-8-20-24(17)19(25(31)32-20)13-21(18)34(4)14-16;1-5(2,3)4/h5,7-8,12,15-16,21-23,32,40H,6,9-11,13-14H2,1-4H3,(H,33,37);1H3,(H,2,3,4)/t16-,21-,22+,23+,29-,30+;/m1./s1. The van der Waals surface area contributed by atoms with Crippen LogP contribution in [0.2, 0.25) is 0 Å². The number of carbonyl (C=O) groups excluding carboxylic acids is 3. The summed E-state index contributed by atoms with van der Waals surface area (Å²) in [6, 6.07) is 4.77. The summed E-state index contributed by atoms with van der Waals surface area (Å²) in [6.07, 6.45) is 5.19. The van der Waals surface area contributed by atoms with Crippen LogP contribution >= 0.6 is 15.9 Å². The second-order valence-corrected chi connectivity index (χ2v) is 15.8. The molecule has 46 heavy (non-hydrogen) atoms. The molecule has 5 aliphatic rings. The minimum atomic E-state index is -3.67. The molecular weight excluding hydrogens is 682 g/mol. The van der Waals surface area contributed by atoms with Crippen LogP contribution in [-0.4, -0.2) is 112 Å². The van der Waals surface area contributed by atoms with Crippen LogP contribution in [0.5, 0.6) is 0 Å². The molecule has 0 unspecified atom stereocenters. The monoisotopic (exact) mass is 721 g/mol. The molecule has 250 valence electrons. The Balaban J connectivity index is 0.000000692. The number of fused-ring (bicyclic) bond motifs is 5. The quantitative estimate of drug-likeness (QED) is 0.345. The first-order chi connectivity index (χ1) is 21.4. The maximum absolute atomic E-state index is 14.0. The summed E-state index contributed by atoms with van der Waals surface area (Å²) in [4.78, 5) is 49.8. The van der Waals surface area contributed by atoms with Crippen molar-refractivity contribution in [1.82, 2.24) is 25.0 Å². The zero-order valence-electron chi connectivity index (χ0n) is 26.4. The molecule has 4 aliphatic heterocycles. The third-order valence-corrected chi connectivity index (χ3v) is 10.3. The van der Waals surface area contributed by atoms with E-state index < -0.39 is 45.7 Å². The van der Waals surface area contributed by atoms with Crippen molar-refractivity contribution in [1.29, 1.82) is 0 Å². The van der Waals surface area contributed by atoms with Gasteiger partial charge in [-0.05, 0) is 84.3 Å². The fraction of sp³-hybridized carbons (Fsp3) is 0.581. The largest absolute Gasteiger partial charge is 0.349 e. The van der Waals surface area contributed by atoms with Crippen molar-refractivity contribution in [2.45, 2.75) is 76.2 Å². The smallest absolute Gasteiger partial charge is 0.280 e. The molecule has 1 aromatic carbocycles. The number of carbonyl (C=O) groups is 3. The molecule has 7 rings (SSSR count). The molecule has 15 heteroatoms. The molecule has 3 fully saturated rings. The molecule has 0 radical (unpaired) electrons. The zero-order valence-corrected chi connectivity index (χ0v) is 28.8. The average molecular weight is 723 g/mol. The minimum Gasteiger partial charge on any atom is -0.349 e. The van der Waals surface area contributed by atoms with Crippen LogP contribution in [0.3, 0.4) is 0 Å². The Kier molecular flexibility index (Phi) is 8.21. The Bertz CT molecular complexity index is 1750. The van der Waals surface area contributed by atoms with E-state index in [0.717, 1.165) is 34.1 Å². The van der Waals surface area contributed by atoms with Crippen LogP contribution < -0.4 is 5.32 Å². The van der Waals surface area contributed by atoms with Crippen LogP contribution in [0.25, 0.3) is 16.5 Å². The number of aromatic amines is 1. The molecule has 0 bridgehead atoms. The minimum absolute atomic E-state index is 0.111. The van der Waals surface area contributed by atoms with Crippen LogP contribution in [0.15, 0.2) is 28.9 Å². The number of hydrogen-bond acceptors (Lipinski definition) is 8. The highest BCUT2D eigenvalue weighted by Gasteiger charge is 2.70. The van der Waals surface area contributed by atoms with E-state index in [1.54, 1.807) is 4.90 Å². The molecule has 0 spiro atoms. The van der Waals surface area contributed by atoms with Crippen molar-refractivity contribution in [3.8, 4) is 0 Å². The van der Waals surface area contributed by atoms with E-state index in [4.69, 9.17) is 9.29 Å². The average Bonchev–Trinajstić information content (AvgIpc) is 3.62. The van der Waals surface area contributed by atoms with Gasteiger partial charge >= 0.3 is 0 Å². The Morgan fingerprint density at radius 1 is 1.28 bits per heavy atom. The number of amides is 3. The van der Waals surface area contributed by atoms with Gasteiger partial charge in [0.25, 0.3) is 21.9 Å². The summed E-state index contributed by atoms with van der Waals surface area (Å²) in [5.74, 6) is -3.52. The Morgan fingerprint density at radius 2 is 1.98 bits per heavy atom. The van der Waals surface area contributed by atoms with Gasteiger partial charge in [-0.1, -0.05) is 32.1 Å². The third kappa shape index (κ3) is 5.48. The normalized spacial score (nSPS) is 32.2. The summed E-state index contributed by atoms with van der Waals surface area (Å²) in [5, 5.41) is 15.9. The fourth-order valence-electron chi connectivity index (χ4n) is 7.80. The number of benzene rings is 1. The van der Waals surface area contributed by atoms with E-state index in [2.05, 4.69) is 43.3 Å². The molecule has 5 heterocycles. The number of piperazine rings is 1. The van der Waals surface area contributed by atoms with Crippen molar-refractivity contribution in [2.75, 3.05) is 26.4 Å². The van der Waals surface area contributed by atoms with E-state index in [1.165, 1.54) is 22.8 Å². The predicted molar refractivity (Wildman–Crippen MR) is 172 cm³/mol. The Hall–Kier alpha value is -2.82. The van der Waals surface area contributed by atoms with Crippen molar-refractivity contribution >= 4 is 60.2 Å². The number of likely N-dealkylation sites (N-methyl/N-ethyl adjacent to an activating group) is 1. The van der Waals surface area contributed by atoms with E-state index in [9.17, 15) is 27.9 Å². The topological polar surface area (TPSA) is 173 Å². The van der Waals surface area contributed by atoms with E-state index in [0.29, 0.717) is 32.2 Å². The first kappa shape index (κ1) is 33.1. The van der Waals surface area contributed by atoms with Crippen LogP contribution in [-0.2, 0) is 35.7 Å². The molecule has 1 aliphatic carbocycles. The van der Waals surface area contributed by atoms with Gasteiger partial charge < -0.3 is 20.3 Å².